The van der Waals surface area contributed by atoms with E-state index in [-0.39, 0.29) is 0 Å². The summed E-state index contributed by atoms with van der Waals surface area (Å²) in [5.74, 6) is 0. The summed E-state index contributed by atoms with van der Waals surface area (Å²) in [6.45, 7) is 12.2. The SMILES string of the molecule is C=CCC.CC1=C(C)c2ccc(C)cc2CC1. The lowest BCUT2D eigenvalue weighted by Gasteiger charge is -2.19. The summed E-state index contributed by atoms with van der Waals surface area (Å²) in [5, 5.41) is 0. The molecule has 0 aliphatic heterocycles. The molecule has 0 spiro atoms. The van der Waals surface area contributed by atoms with Crippen molar-refractivity contribution in [2.75, 3.05) is 0 Å². The van der Waals surface area contributed by atoms with Crippen LogP contribution in [0.2, 0.25) is 0 Å². The molecule has 1 aromatic carbocycles. The highest BCUT2D eigenvalue weighted by atomic mass is 14.2. The van der Waals surface area contributed by atoms with E-state index in [1.54, 1.807) is 5.57 Å². The maximum Gasteiger partial charge on any atom is -0.0195 e. The van der Waals surface area contributed by atoms with Crippen LogP contribution in [0.15, 0.2) is 36.4 Å². The van der Waals surface area contributed by atoms with E-state index < -0.39 is 0 Å². The summed E-state index contributed by atoms with van der Waals surface area (Å²) in [4.78, 5) is 0. The summed E-state index contributed by atoms with van der Waals surface area (Å²) < 4.78 is 0. The number of fused-ring (bicyclic) bond motifs is 1. The Kier molecular flexibility index (Phi) is 5.21. The second-order valence-electron chi connectivity index (χ2n) is 4.76. The Hall–Kier alpha value is -1.30. The van der Waals surface area contributed by atoms with Gasteiger partial charge in [-0.25, -0.2) is 0 Å². The van der Waals surface area contributed by atoms with Gasteiger partial charge >= 0.3 is 0 Å². The van der Waals surface area contributed by atoms with E-state index in [0.717, 1.165) is 6.42 Å². The molecule has 0 saturated heterocycles. The number of hydrogen-bond acceptors (Lipinski definition) is 0. The van der Waals surface area contributed by atoms with Crippen LogP contribution < -0.4 is 0 Å². The lowest BCUT2D eigenvalue weighted by atomic mass is 9.86. The van der Waals surface area contributed by atoms with Gasteiger partial charge in [-0.1, -0.05) is 42.3 Å². The summed E-state index contributed by atoms with van der Waals surface area (Å²) >= 11 is 0. The summed E-state index contributed by atoms with van der Waals surface area (Å²) in [6.07, 6.45) is 5.42. The third kappa shape index (κ3) is 3.59. The van der Waals surface area contributed by atoms with Gasteiger partial charge in [0.1, 0.15) is 0 Å². The van der Waals surface area contributed by atoms with E-state index in [1.807, 2.05) is 6.08 Å². The van der Waals surface area contributed by atoms with Crippen LogP contribution in [0.4, 0.5) is 0 Å². The van der Waals surface area contributed by atoms with E-state index >= 15 is 0 Å². The lowest BCUT2D eigenvalue weighted by molar-refractivity contribution is 0.913. The topological polar surface area (TPSA) is 0 Å². The van der Waals surface area contributed by atoms with Gasteiger partial charge in [0, 0.05) is 0 Å². The van der Waals surface area contributed by atoms with Crippen molar-refractivity contribution < 1.29 is 0 Å². The van der Waals surface area contributed by atoms with Crippen LogP contribution in [0.25, 0.3) is 5.57 Å². The van der Waals surface area contributed by atoms with Crippen LogP contribution in [-0.2, 0) is 6.42 Å². The fraction of sp³-hybridized carbons (Fsp3) is 0.412. The third-order valence-corrected chi connectivity index (χ3v) is 3.36. The Morgan fingerprint density at radius 1 is 1.18 bits per heavy atom. The van der Waals surface area contributed by atoms with E-state index in [9.17, 15) is 0 Å². The van der Waals surface area contributed by atoms with Gasteiger partial charge in [0.2, 0.25) is 0 Å². The number of rotatable bonds is 1. The summed E-state index contributed by atoms with van der Waals surface area (Å²) in [7, 11) is 0. The first-order chi connectivity index (χ1) is 8.10. The van der Waals surface area contributed by atoms with E-state index in [2.05, 4.69) is 52.5 Å². The van der Waals surface area contributed by atoms with Gasteiger partial charge in [0.25, 0.3) is 0 Å². The number of benzene rings is 1. The first-order valence-corrected chi connectivity index (χ1v) is 6.47. The second-order valence-corrected chi connectivity index (χ2v) is 4.76. The highest BCUT2D eigenvalue weighted by molar-refractivity contribution is 5.71. The molecule has 0 nitrogen and oxygen atoms in total. The summed E-state index contributed by atoms with van der Waals surface area (Å²) in [6, 6.07) is 6.80. The standard InChI is InChI=1S/C13H16.C4H8/c1-9-4-7-13-11(3)10(2)5-6-12(13)8-9;1-3-4-2/h4,7-8H,5-6H2,1-3H3;3H,1,4H2,2H3. The van der Waals surface area contributed by atoms with Crippen LogP contribution >= 0.6 is 0 Å². The molecule has 0 N–H and O–H groups in total. The second kappa shape index (κ2) is 6.44. The molecule has 0 saturated carbocycles. The monoisotopic (exact) mass is 228 g/mol. The van der Waals surface area contributed by atoms with Gasteiger partial charge in [-0.3, -0.25) is 0 Å². The molecule has 0 radical (unpaired) electrons. The first-order valence-electron chi connectivity index (χ1n) is 6.47. The molecule has 0 aromatic heterocycles. The van der Waals surface area contributed by atoms with Gasteiger partial charge in [0.15, 0.2) is 0 Å². The lowest BCUT2D eigenvalue weighted by Crippen LogP contribution is -2.01. The third-order valence-electron chi connectivity index (χ3n) is 3.36. The minimum absolute atomic E-state index is 1.08. The molecular weight excluding hydrogens is 204 g/mol. The van der Waals surface area contributed by atoms with Gasteiger partial charge in [0.05, 0.1) is 0 Å². The fourth-order valence-corrected chi connectivity index (χ4v) is 2.03. The number of allylic oxidation sites excluding steroid dienone is 3. The largest absolute Gasteiger partial charge is 0.103 e. The van der Waals surface area contributed by atoms with Gasteiger partial charge in [-0.15, -0.1) is 6.58 Å². The zero-order valence-corrected chi connectivity index (χ0v) is 11.6. The van der Waals surface area contributed by atoms with Crippen LogP contribution in [0, 0.1) is 6.92 Å². The van der Waals surface area contributed by atoms with Crippen LogP contribution in [-0.4, -0.2) is 0 Å². The van der Waals surface area contributed by atoms with Crippen molar-refractivity contribution in [3.05, 3.63) is 53.1 Å². The Balaban J connectivity index is 0.000000317. The number of aryl methyl sites for hydroxylation is 2. The van der Waals surface area contributed by atoms with Crippen molar-refractivity contribution in [2.45, 2.75) is 47.0 Å². The zero-order chi connectivity index (χ0) is 12.8. The molecule has 0 bridgehead atoms. The highest BCUT2D eigenvalue weighted by Crippen LogP contribution is 2.30. The maximum absolute atomic E-state index is 3.48. The van der Waals surface area contributed by atoms with Crippen LogP contribution in [0.3, 0.4) is 0 Å². The predicted octanol–water partition coefficient (Wildman–Crippen LogP) is 5.32. The smallest absolute Gasteiger partial charge is 0.0195 e. The van der Waals surface area contributed by atoms with Crippen molar-refractivity contribution in [3.63, 3.8) is 0 Å². The first kappa shape index (κ1) is 13.8. The molecule has 0 heteroatoms. The molecular formula is C17H24. The predicted molar refractivity (Wildman–Crippen MR) is 78.3 cm³/mol. The molecule has 0 heterocycles. The minimum atomic E-state index is 1.08. The van der Waals surface area contributed by atoms with Gasteiger partial charge in [-0.05, 0) is 56.7 Å². The quantitative estimate of drug-likeness (QED) is 0.571. The normalized spacial score (nSPS) is 13.6. The molecule has 1 aromatic rings. The van der Waals surface area contributed by atoms with Crippen molar-refractivity contribution >= 4 is 5.57 Å². The van der Waals surface area contributed by atoms with Gasteiger partial charge in [-0.2, -0.15) is 0 Å². The Labute approximate surface area is 106 Å². The molecule has 17 heavy (non-hydrogen) atoms. The Morgan fingerprint density at radius 2 is 1.82 bits per heavy atom. The van der Waals surface area contributed by atoms with Crippen LogP contribution in [0.5, 0.6) is 0 Å². The molecule has 0 amide bonds. The van der Waals surface area contributed by atoms with E-state index in [4.69, 9.17) is 0 Å². The highest BCUT2D eigenvalue weighted by Gasteiger charge is 2.12. The van der Waals surface area contributed by atoms with Crippen molar-refractivity contribution in [1.82, 2.24) is 0 Å². The molecule has 0 fully saturated rings. The molecule has 1 aliphatic carbocycles. The minimum Gasteiger partial charge on any atom is -0.103 e. The zero-order valence-electron chi connectivity index (χ0n) is 11.6. The molecule has 0 atom stereocenters. The average molecular weight is 228 g/mol. The molecule has 0 unspecified atom stereocenters. The molecule has 2 rings (SSSR count). The van der Waals surface area contributed by atoms with Crippen molar-refractivity contribution in [1.29, 1.82) is 0 Å². The van der Waals surface area contributed by atoms with Crippen LogP contribution in [0.1, 0.15) is 50.3 Å². The van der Waals surface area contributed by atoms with Gasteiger partial charge < -0.3 is 0 Å². The molecule has 1 aliphatic rings. The van der Waals surface area contributed by atoms with Crippen molar-refractivity contribution in [2.24, 2.45) is 0 Å². The Bertz CT molecular complexity index is 422. The average Bonchev–Trinajstić information content (AvgIpc) is 2.34. The Morgan fingerprint density at radius 3 is 2.41 bits per heavy atom. The summed E-state index contributed by atoms with van der Waals surface area (Å²) in [5.41, 5.74) is 7.42. The van der Waals surface area contributed by atoms with E-state index in [1.165, 1.54) is 35.1 Å². The maximum atomic E-state index is 3.48. The number of hydrogen-bond donors (Lipinski definition) is 0. The van der Waals surface area contributed by atoms with Crippen molar-refractivity contribution in [3.8, 4) is 0 Å². The van der Waals surface area contributed by atoms with E-state index in [0.29, 0.717) is 0 Å². The molecule has 92 valence electrons. The fourth-order valence-electron chi connectivity index (χ4n) is 2.03.